The van der Waals surface area contributed by atoms with Crippen LogP contribution in [0.3, 0.4) is 0 Å². The van der Waals surface area contributed by atoms with Gasteiger partial charge in [0.2, 0.25) is 0 Å². The van der Waals surface area contributed by atoms with E-state index in [1.54, 1.807) is 11.0 Å². The molecule has 1 atom stereocenters. The van der Waals surface area contributed by atoms with Gasteiger partial charge >= 0.3 is 0 Å². The Bertz CT molecular complexity index is 627. The molecule has 0 saturated carbocycles. The van der Waals surface area contributed by atoms with E-state index < -0.39 is 0 Å². The van der Waals surface area contributed by atoms with Crippen LogP contribution in [-0.4, -0.2) is 52.7 Å². The van der Waals surface area contributed by atoms with E-state index in [1.165, 1.54) is 0 Å². The molecule has 0 amide bonds. The fourth-order valence-corrected chi connectivity index (χ4v) is 3.12. The number of ether oxygens (including phenoxy) is 2. The van der Waals surface area contributed by atoms with E-state index in [2.05, 4.69) is 36.3 Å². The van der Waals surface area contributed by atoms with Crippen molar-refractivity contribution in [2.24, 2.45) is 13.0 Å². The molecule has 22 heavy (non-hydrogen) atoms. The van der Waals surface area contributed by atoms with Crippen molar-refractivity contribution in [1.82, 2.24) is 19.7 Å². The maximum atomic E-state index is 5.69. The van der Waals surface area contributed by atoms with Gasteiger partial charge in [0.25, 0.3) is 0 Å². The second kappa shape index (κ2) is 7.34. The first-order valence-corrected chi connectivity index (χ1v) is 8.27. The summed E-state index contributed by atoms with van der Waals surface area (Å²) in [4.78, 5) is 8.55. The largest absolute Gasteiger partial charge is 0.381 e. The van der Waals surface area contributed by atoms with Crippen LogP contribution in [0.2, 0.25) is 0 Å². The van der Waals surface area contributed by atoms with Crippen LogP contribution in [0.25, 0.3) is 11.0 Å². The zero-order valence-corrected chi connectivity index (χ0v) is 14.2. The standard InChI is InChI=1S/C14H20BrN5O2/c1-20-14-11(12(15)19-20)13(17-9-18-14)16-4-2-5-21-7-10-3-6-22-8-10/h9-10H,2-8H2,1H3,(H,16,17,18). The third-order valence-corrected chi connectivity index (χ3v) is 4.27. The highest BCUT2D eigenvalue weighted by Crippen LogP contribution is 2.26. The quantitative estimate of drug-likeness (QED) is 0.752. The summed E-state index contributed by atoms with van der Waals surface area (Å²) in [6.45, 7) is 4.05. The van der Waals surface area contributed by atoms with Crippen LogP contribution in [0.1, 0.15) is 12.8 Å². The molecular formula is C14H20BrN5O2. The number of anilines is 1. The lowest BCUT2D eigenvalue weighted by molar-refractivity contribution is 0.0897. The van der Waals surface area contributed by atoms with E-state index in [-0.39, 0.29) is 0 Å². The number of rotatable bonds is 7. The molecule has 3 heterocycles. The molecule has 0 spiro atoms. The van der Waals surface area contributed by atoms with Crippen molar-refractivity contribution in [3.8, 4) is 0 Å². The molecule has 2 aromatic rings. The fraction of sp³-hybridized carbons (Fsp3) is 0.643. The predicted octanol–water partition coefficient (Wildman–Crippen LogP) is 1.98. The first-order valence-electron chi connectivity index (χ1n) is 7.48. The Morgan fingerprint density at radius 3 is 3.23 bits per heavy atom. The van der Waals surface area contributed by atoms with Crippen LogP contribution >= 0.6 is 15.9 Å². The number of nitrogens with one attached hydrogen (secondary N) is 1. The summed E-state index contributed by atoms with van der Waals surface area (Å²) in [5, 5.41) is 8.55. The first-order chi connectivity index (χ1) is 10.8. The molecule has 0 aliphatic carbocycles. The van der Waals surface area contributed by atoms with E-state index in [9.17, 15) is 0 Å². The van der Waals surface area contributed by atoms with Crippen molar-refractivity contribution < 1.29 is 9.47 Å². The number of fused-ring (bicyclic) bond motifs is 1. The van der Waals surface area contributed by atoms with Crippen molar-refractivity contribution in [1.29, 1.82) is 0 Å². The number of aromatic nitrogens is 4. The number of halogens is 1. The zero-order valence-electron chi connectivity index (χ0n) is 12.6. The van der Waals surface area contributed by atoms with Crippen LogP contribution in [0, 0.1) is 5.92 Å². The fourth-order valence-electron chi connectivity index (χ4n) is 2.52. The molecule has 1 aliphatic rings. The molecule has 1 saturated heterocycles. The Balaban J connectivity index is 1.45. The summed E-state index contributed by atoms with van der Waals surface area (Å²) in [6.07, 6.45) is 3.60. The molecule has 7 nitrogen and oxygen atoms in total. The lowest BCUT2D eigenvalue weighted by atomic mass is 10.1. The van der Waals surface area contributed by atoms with Crippen LogP contribution in [0.4, 0.5) is 5.82 Å². The molecule has 0 radical (unpaired) electrons. The van der Waals surface area contributed by atoms with E-state index in [0.717, 1.165) is 67.3 Å². The first kappa shape index (κ1) is 15.6. The van der Waals surface area contributed by atoms with Gasteiger partial charge in [-0.2, -0.15) is 5.10 Å². The second-order valence-electron chi connectivity index (χ2n) is 5.42. The van der Waals surface area contributed by atoms with Gasteiger partial charge in [0.05, 0.1) is 18.6 Å². The van der Waals surface area contributed by atoms with Gasteiger partial charge in [-0.15, -0.1) is 0 Å². The Morgan fingerprint density at radius 2 is 2.41 bits per heavy atom. The van der Waals surface area contributed by atoms with Gasteiger partial charge in [0.15, 0.2) is 5.65 Å². The summed E-state index contributed by atoms with van der Waals surface area (Å²) < 4.78 is 13.5. The molecule has 1 fully saturated rings. The minimum Gasteiger partial charge on any atom is -0.381 e. The number of nitrogens with zero attached hydrogens (tertiary/aromatic N) is 4. The number of hydrogen-bond donors (Lipinski definition) is 1. The zero-order chi connectivity index (χ0) is 15.4. The third-order valence-electron chi connectivity index (χ3n) is 3.71. The highest BCUT2D eigenvalue weighted by Gasteiger charge is 2.15. The van der Waals surface area contributed by atoms with Crippen molar-refractivity contribution in [2.75, 3.05) is 38.3 Å². The highest BCUT2D eigenvalue weighted by atomic mass is 79.9. The Labute approximate surface area is 137 Å². The number of aryl methyl sites for hydroxylation is 1. The van der Waals surface area contributed by atoms with E-state index >= 15 is 0 Å². The summed E-state index contributed by atoms with van der Waals surface area (Å²) in [7, 11) is 1.87. The van der Waals surface area contributed by atoms with Crippen LogP contribution < -0.4 is 5.32 Å². The van der Waals surface area contributed by atoms with Gasteiger partial charge in [-0.25, -0.2) is 14.6 Å². The van der Waals surface area contributed by atoms with Crippen LogP contribution in [0.15, 0.2) is 10.9 Å². The molecular weight excluding hydrogens is 350 g/mol. The summed E-state index contributed by atoms with van der Waals surface area (Å²) >= 11 is 3.45. The predicted molar refractivity (Wildman–Crippen MR) is 86.9 cm³/mol. The second-order valence-corrected chi connectivity index (χ2v) is 6.17. The van der Waals surface area contributed by atoms with Gasteiger partial charge in [-0.3, -0.25) is 0 Å². The van der Waals surface area contributed by atoms with Gasteiger partial charge in [0, 0.05) is 32.7 Å². The Hall–Kier alpha value is -1.25. The number of hydrogen-bond acceptors (Lipinski definition) is 6. The lowest BCUT2D eigenvalue weighted by Crippen LogP contribution is -2.12. The minimum absolute atomic E-state index is 0.570. The monoisotopic (exact) mass is 369 g/mol. The van der Waals surface area contributed by atoms with Crippen molar-refractivity contribution in [2.45, 2.75) is 12.8 Å². The van der Waals surface area contributed by atoms with E-state index in [4.69, 9.17) is 9.47 Å². The molecule has 1 N–H and O–H groups in total. The third kappa shape index (κ3) is 3.56. The van der Waals surface area contributed by atoms with E-state index in [0.29, 0.717) is 5.92 Å². The lowest BCUT2D eigenvalue weighted by Gasteiger charge is -2.09. The SMILES string of the molecule is Cn1nc(Br)c2c(NCCCOCC3CCOC3)ncnc21. The van der Waals surface area contributed by atoms with E-state index in [1.807, 2.05) is 7.05 Å². The summed E-state index contributed by atoms with van der Waals surface area (Å²) in [5.74, 6) is 1.37. The van der Waals surface area contributed by atoms with Gasteiger partial charge < -0.3 is 14.8 Å². The van der Waals surface area contributed by atoms with Crippen molar-refractivity contribution >= 4 is 32.8 Å². The van der Waals surface area contributed by atoms with Gasteiger partial charge in [0.1, 0.15) is 16.7 Å². The normalized spacial score (nSPS) is 18.2. The average molecular weight is 370 g/mol. The maximum Gasteiger partial charge on any atom is 0.164 e. The molecule has 3 rings (SSSR count). The molecule has 120 valence electrons. The molecule has 0 bridgehead atoms. The van der Waals surface area contributed by atoms with Gasteiger partial charge in [-0.1, -0.05) is 0 Å². The molecule has 2 aromatic heterocycles. The van der Waals surface area contributed by atoms with Crippen LogP contribution in [0.5, 0.6) is 0 Å². The molecule has 0 aromatic carbocycles. The van der Waals surface area contributed by atoms with Crippen LogP contribution in [-0.2, 0) is 16.5 Å². The summed E-state index contributed by atoms with van der Waals surface area (Å²) in [5.41, 5.74) is 0.807. The topological polar surface area (TPSA) is 74.1 Å². The maximum absolute atomic E-state index is 5.69. The summed E-state index contributed by atoms with van der Waals surface area (Å²) in [6, 6.07) is 0. The minimum atomic E-state index is 0.570. The molecule has 8 heteroatoms. The van der Waals surface area contributed by atoms with Crippen molar-refractivity contribution in [3.05, 3.63) is 10.9 Å². The molecule has 1 unspecified atom stereocenters. The molecule has 1 aliphatic heterocycles. The Kier molecular flexibility index (Phi) is 5.22. The average Bonchev–Trinajstić information content (AvgIpc) is 3.12. The Morgan fingerprint density at radius 1 is 1.50 bits per heavy atom. The van der Waals surface area contributed by atoms with Gasteiger partial charge in [-0.05, 0) is 28.8 Å². The van der Waals surface area contributed by atoms with Crippen molar-refractivity contribution in [3.63, 3.8) is 0 Å². The smallest absolute Gasteiger partial charge is 0.164 e. The highest BCUT2D eigenvalue weighted by molar-refractivity contribution is 9.10.